The summed E-state index contributed by atoms with van der Waals surface area (Å²) in [7, 11) is -6.83. The minimum Gasteiger partial charge on any atom is -0.325 e. The van der Waals surface area contributed by atoms with Crippen molar-refractivity contribution in [1.29, 1.82) is 0 Å². The number of anilines is 1. The second-order valence-electron chi connectivity index (χ2n) is 6.09. The van der Waals surface area contributed by atoms with E-state index in [2.05, 4.69) is 10.3 Å². The lowest BCUT2D eigenvalue weighted by molar-refractivity contribution is -0.119. The van der Waals surface area contributed by atoms with E-state index in [-0.39, 0.29) is 10.1 Å². The Morgan fingerprint density at radius 2 is 2.08 bits per heavy atom. The predicted molar refractivity (Wildman–Crippen MR) is 101 cm³/mol. The molecule has 1 saturated heterocycles. The number of aromatic nitrogens is 1. The van der Waals surface area contributed by atoms with Crippen molar-refractivity contribution in [3.63, 3.8) is 0 Å². The molecule has 1 aromatic carbocycles. The molecule has 11 heteroatoms. The van der Waals surface area contributed by atoms with Gasteiger partial charge in [-0.05, 0) is 31.0 Å². The highest BCUT2D eigenvalue weighted by atomic mass is 32.2. The number of carbonyl (C=O) groups is 1. The third-order valence-electron chi connectivity index (χ3n) is 4.21. The molecule has 142 valence electrons. The summed E-state index contributed by atoms with van der Waals surface area (Å²) in [5.41, 5.74) is 1.02. The Labute approximate surface area is 156 Å². The minimum absolute atomic E-state index is 0.0284. The summed E-state index contributed by atoms with van der Waals surface area (Å²) in [6, 6.07) is 4.19. The Bertz CT molecular complexity index is 1060. The molecule has 0 saturated carbocycles. The summed E-state index contributed by atoms with van der Waals surface area (Å²) < 4.78 is 49.4. The third kappa shape index (κ3) is 3.75. The Kier molecular flexibility index (Phi) is 5.08. The van der Waals surface area contributed by atoms with Crippen molar-refractivity contribution in [1.82, 2.24) is 9.29 Å². The smallest absolute Gasteiger partial charge is 0.242 e. The number of thiazole rings is 1. The van der Waals surface area contributed by atoms with Crippen LogP contribution < -0.4 is 5.32 Å². The van der Waals surface area contributed by atoms with Crippen LogP contribution >= 0.6 is 11.3 Å². The van der Waals surface area contributed by atoms with E-state index >= 15 is 0 Å². The standard InChI is InChI=1S/C15H19N3O5S3/c1-3-26(22,23)15-17-11-7-6-10(9-13(11)24-15)16-14(19)12-5-4-8-18(12)25(2,20)21/h6-7,9,12H,3-5,8H2,1-2H3,(H,16,19)/t12-/m1/s1. The highest BCUT2D eigenvalue weighted by Crippen LogP contribution is 2.29. The molecular weight excluding hydrogens is 398 g/mol. The molecule has 2 heterocycles. The molecule has 8 nitrogen and oxygen atoms in total. The van der Waals surface area contributed by atoms with Gasteiger partial charge in [0.2, 0.25) is 30.1 Å². The van der Waals surface area contributed by atoms with Gasteiger partial charge in [0.05, 0.1) is 22.2 Å². The largest absolute Gasteiger partial charge is 0.325 e. The van der Waals surface area contributed by atoms with Crippen molar-refractivity contribution in [3.05, 3.63) is 18.2 Å². The van der Waals surface area contributed by atoms with Gasteiger partial charge in [-0.3, -0.25) is 4.79 Å². The zero-order valence-corrected chi connectivity index (χ0v) is 16.7. The monoisotopic (exact) mass is 417 g/mol. The molecule has 0 unspecified atom stereocenters. The fourth-order valence-corrected chi connectivity index (χ4v) is 6.34. The second kappa shape index (κ2) is 6.87. The van der Waals surface area contributed by atoms with Gasteiger partial charge in [-0.15, -0.1) is 11.3 Å². The molecule has 26 heavy (non-hydrogen) atoms. The number of sulfonamides is 1. The van der Waals surface area contributed by atoms with Crippen LogP contribution in [0.15, 0.2) is 22.5 Å². The zero-order chi connectivity index (χ0) is 19.1. The Morgan fingerprint density at radius 3 is 2.73 bits per heavy atom. The van der Waals surface area contributed by atoms with Crippen LogP contribution in [0.25, 0.3) is 10.2 Å². The fourth-order valence-electron chi connectivity index (χ4n) is 2.86. The number of benzene rings is 1. The minimum atomic E-state index is -3.44. The number of sulfone groups is 1. The van der Waals surface area contributed by atoms with E-state index in [9.17, 15) is 21.6 Å². The first-order valence-corrected chi connectivity index (χ1v) is 12.3. The maximum absolute atomic E-state index is 12.5. The van der Waals surface area contributed by atoms with E-state index in [1.807, 2.05) is 0 Å². The molecule has 0 radical (unpaired) electrons. The van der Waals surface area contributed by atoms with Crippen LogP contribution in [0.4, 0.5) is 5.69 Å². The lowest BCUT2D eigenvalue weighted by Crippen LogP contribution is -2.42. The number of fused-ring (bicyclic) bond motifs is 1. The van der Waals surface area contributed by atoms with E-state index in [0.717, 1.165) is 17.6 Å². The number of hydrogen-bond acceptors (Lipinski definition) is 7. The number of hydrogen-bond donors (Lipinski definition) is 1. The number of rotatable bonds is 5. The molecular formula is C15H19N3O5S3. The summed E-state index contributed by atoms with van der Waals surface area (Å²) in [6.07, 6.45) is 2.20. The lowest BCUT2D eigenvalue weighted by Gasteiger charge is -2.21. The van der Waals surface area contributed by atoms with Gasteiger partial charge in [0, 0.05) is 12.2 Å². The van der Waals surface area contributed by atoms with Gasteiger partial charge >= 0.3 is 0 Å². The van der Waals surface area contributed by atoms with Gasteiger partial charge in [-0.1, -0.05) is 6.92 Å². The van der Waals surface area contributed by atoms with Crippen molar-refractivity contribution < 1.29 is 21.6 Å². The fraction of sp³-hybridized carbons (Fsp3) is 0.467. The molecule has 1 amide bonds. The molecule has 1 atom stereocenters. The van der Waals surface area contributed by atoms with E-state index in [1.165, 1.54) is 4.31 Å². The highest BCUT2D eigenvalue weighted by Gasteiger charge is 2.36. The van der Waals surface area contributed by atoms with E-state index in [1.54, 1.807) is 25.1 Å². The van der Waals surface area contributed by atoms with Crippen LogP contribution in [0.5, 0.6) is 0 Å². The SMILES string of the molecule is CCS(=O)(=O)c1nc2ccc(NC(=O)[C@H]3CCCN3S(C)(=O)=O)cc2s1. The van der Waals surface area contributed by atoms with Crippen LogP contribution in [0.1, 0.15) is 19.8 Å². The van der Waals surface area contributed by atoms with Crippen LogP contribution in [-0.2, 0) is 24.7 Å². The molecule has 1 aliphatic rings. The number of carbonyl (C=O) groups excluding carboxylic acids is 1. The maximum Gasteiger partial charge on any atom is 0.242 e. The first kappa shape index (κ1) is 19.2. The van der Waals surface area contributed by atoms with Crippen LogP contribution in [0, 0.1) is 0 Å². The van der Waals surface area contributed by atoms with Gasteiger partial charge < -0.3 is 5.32 Å². The van der Waals surface area contributed by atoms with Gasteiger partial charge in [0.25, 0.3) is 0 Å². The third-order valence-corrected chi connectivity index (χ3v) is 8.71. The molecule has 1 aliphatic heterocycles. The molecule has 1 N–H and O–H groups in total. The molecule has 0 aliphatic carbocycles. The van der Waals surface area contributed by atoms with Crippen LogP contribution in [0.2, 0.25) is 0 Å². The normalized spacial score (nSPS) is 19.1. The molecule has 0 bridgehead atoms. The first-order valence-electron chi connectivity index (χ1n) is 8.03. The number of amides is 1. The van der Waals surface area contributed by atoms with Crippen LogP contribution in [0.3, 0.4) is 0 Å². The topological polar surface area (TPSA) is 114 Å². The van der Waals surface area contributed by atoms with Crippen molar-refractivity contribution in [2.24, 2.45) is 0 Å². The summed E-state index contributed by atoms with van der Waals surface area (Å²) in [5, 5.41) is 2.72. The molecule has 2 aromatic rings. The quantitative estimate of drug-likeness (QED) is 0.788. The van der Waals surface area contributed by atoms with Gasteiger partial charge in [-0.2, -0.15) is 4.31 Å². The summed E-state index contributed by atoms with van der Waals surface area (Å²) >= 11 is 1.05. The van der Waals surface area contributed by atoms with Crippen molar-refractivity contribution in [3.8, 4) is 0 Å². The molecule has 0 spiro atoms. The number of nitrogens with zero attached hydrogens (tertiary/aromatic N) is 2. The van der Waals surface area contributed by atoms with Crippen molar-refractivity contribution >= 4 is 53.0 Å². The zero-order valence-electron chi connectivity index (χ0n) is 14.3. The Morgan fingerprint density at radius 1 is 1.35 bits per heavy atom. The van der Waals surface area contributed by atoms with Crippen molar-refractivity contribution in [2.75, 3.05) is 23.9 Å². The summed E-state index contributed by atoms with van der Waals surface area (Å²) in [6.45, 7) is 1.89. The van der Waals surface area contributed by atoms with Gasteiger partial charge in [-0.25, -0.2) is 21.8 Å². The predicted octanol–water partition coefficient (Wildman–Crippen LogP) is 1.45. The molecule has 1 fully saturated rings. The lowest BCUT2D eigenvalue weighted by atomic mass is 10.2. The summed E-state index contributed by atoms with van der Waals surface area (Å²) in [4.78, 5) is 16.6. The van der Waals surface area contributed by atoms with Crippen LogP contribution in [-0.4, -0.2) is 56.6 Å². The second-order valence-corrected chi connectivity index (χ2v) is 11.5. The van der Waals surface area contributed by atoms with E-state index < -0.39 is 31.8 Å². The van der Waals surface area contributed by atoms with Gasteiger partial charge in [0.1, 0.15) is 6.04 Å². The van der Waals surface area contributed by atoms with Crippen molar-refractivity contribution in [2.45, 2.75) is 30.1 Å². The number of nitrogens with one attached hydrogen (secondary N) is 1. The maximum atomic E-state index is 12.5. The average Bonchev–Trinajstić information content (AvgIpc) is 3.21. The molecule has 3 rings (SSSR count). The Balaban J connectivity index is 1.84. The van der Waals surface area contributed by atoms with Gasteiger partial charge in [0.15, 0.2) is 0 Å². The average molecular weight is 418 g/mol. The Hall–Kier alpha value is -1.56. The first-order chi connectivity index (χ1) is 12.1. The highest BCUT2D eigenvalue weighted by molar-refractivity contribution is 7.93. The van der Waals surface area contributed by atoms with E-state index in [4.69, 9.17) is 0 Å². The van der Waals surface area contributed by atoms with E-state index in [0.29, 0.717) is 35.3 Å². The summed E-state index contributed by atoms with van der Waals surface area (Å²) in [5.74, 6) is -0.419. The molecule has 1 aromatic heterocycles.